The summed E-state index contributed by atoms with van der Waals surface area (Å²) in [6, 6.07) is 0. The van der Waals surface area contributed by atoms with Gasteiger partial charge in [-0.1, -0.05) is 18.5 Å². The van der Waals surface area contributed by atoms with Crippen molar-refractivity contribution in [3.05, 3.63) is 17.0 Å². The van der Waals surface area contributed by atoms with Crippen LogP contribution in [0, 0.1) is 0 Å². The first kappa shape index (κ1) is 13.5. The number of carbonyl (C=O) groups excluding carboxylic acids is 2. The fraction of sp³-hybridized carbons (Fsp3) is 0.500. The maximum Gasteiger partial charge on any atom is 0.288 e. The van der Waals surface area contributed by atoms with E-state index in [4.69, 9.17) is 21.9 Å². The number of rotatable bonds is 6. The number of nitrogens with zero attached hydrogens (tertiary/aromatic N) is 1. The zero-order valence-corrected chi connectivity index (χ0v) is 10.2. The summed E-state index contributed by atoms with van der Waals surface area (Å²) in [5, 5.41) is 6.19. The van der Waals surface area contributed by atoms with Crippen LogP contribution in [-0.2, 0) is 5.88 Å². The van der Waals surface area contributed by atoms with Crippen molar-refractivity contribution in [2.24, 2.45) is 5.73 Å². The van der Waals surface area contributed by atoms with Crippen LogP contribution in [0.4, 0.5) is 0 Å². The fourth-order valence-electron chi connectivity index (χ4n) is 1.28. The second-order valence-electron chi connectivity index (χ2n) is 3.44. The van der Waals surface area contributed by atoms with E-state index in [2.05, 4.69) is 10.5 Å². The van der Waals surface area contributed by atoms with Gasteiger partial charge in [0.1, 0.15) is 11.3 Å². The van der Waals surface area contributed by atoms with Gasteiger partial charge in [0.05, 0.1) is 5.88 Å². The normalized spacial score (nSPS) is 10.2. The Balaban J connectivity index is 2.89. The van der Waals surface area contributed by atoms with Gasteiger partial charge < -0.3 is 15.6 Å². The van der Waals surface area contributed by atoms with Crippen molar-refractivity contribution in [2.45, 2.75) is 25.6 Å². The van der Waals surface area contributed by atoms with E-state index in [1.54, 1.807) is 0 Å². The number of halogens is 1. The Bertz CT molecular complexity index is 417. The van der Waals surface area contributed by atoms with Gasteiger partial charge in [-0.2, -0.15) is 0 Å². The number of amides is 2. The van der Waals surface area contributed by atoms with Crippen molar-refractivity contribution in [1.29, 1.82) is 0 Å². The molecule has 7 heteroatoms. The van der Waals surface area contributed by atoms with Crippen LogP contribution in [0.3, 0.4) is 0 Å². The highest BCUT2D eigenvalue weighted by Gasteiger charge is 2.25. The average Bonchev–Trinajstić information content (AvgIpc) is 2.72. The second kappa shape index (κ2) is 6.24. The summed E-state index contributed by atoms with van der Waals surface area (Å²) in [6.07, 6.45) is 1.80. The number of aromatic nitrogens is 1. The molecule has 0 aliphatic rings. The van der Waals surface area contributed by atoms with Gasteiger partial charge in [-0.05, 0) is 6.42 Å². The number of nitrogens with one attached hydrogen (secondary N) is 1. The number of alkyl halides is 1. The summed E-state index contributed by atoms with van der Waals surface area (Å²) in [7, 11) is 0. The van der Waals surface area contributed by atoms with Crippen molar-refractivity contribution in [1.82, 2.24) is 10.5 Å². The highest BCUT2D eigenvalue weighted by molar-refractivity contribution is 6.18. The molecule has 17 heavy (non-hydrogen) atoms. The Hall–Kier alpha value is -1.56. The summed E-state index contributed by atoms with van der Waals surface area (Å²) in [6.45, 7) is 2.52. The molecule has 0 unspecified atom stereocenters. The fourth-order valence-corrected chi connectivity index (χ4v) is 1.47. The van der Waals surface area contributed by atoms with Crippen LogP contribution in [0.1, 0.15) is 46.4 Å². The van der Waals surface area contributed by atoms with Crippen LogP contribution >= 0.6 is 11.6 Å². The molecule has 1 rings (SSSR count). The quantitative estimate of drug-likeness (QED) is 0.589. The van der Waals surface area contributed by atoms with E-state index in [1.165, 1.54) is 0 Å². The Morgan fingerprint density at radius 3 is 2.76 bits per heavy atom. The topological polar surface area (TPSA) is 98.2 Å². The van der Waals surface area contributed by atoms with E-state index in [-0.39, 0.29) is 22.9 Å². The van der Waals surface area contributed by atoms with E-state index < -0.39 is 11.8 Å². The molecule has 0 saturated heterocycles. The molecule has 1 aromatic heterocycles. The van der Waals surface area contributed by atoms with Crippen LogP contribution in [0.25, 0.3) is 0 Å². The van der Waals surface area contributed by atoms with E-state index >= 15 is 0 Å². The van der Waals surface area contributed by atoms with Crippen molar-refractivity contribution in [2.75, 3.05) is 6.54 Å². The lowest BCUT2D eigenvalue weighted by Gasteiger charge is -2.03. The van der Waals surface area contributed by atoms with Gasteiger partial charge >= 0.3 is 0 Å². The second-order valence-corrected chi connectivity index (χ2v) is 3.71. The lowest BCUT2D eigenvalue weighted by atomic mass is 10.1. The number of carbonyl (C=O) groups is 2. The molecule has 0 aromatic carbocycles. The Labute approximate surface area is 103 Å². The monoisotopic (exact) mass is 259 g/mol. The minimum absolute atomic E-state index is 0.0205. The number of hydrogen-bond acceptors (Lipinski definition) is 4. The van der Waals surface area contributed by atoms with Crippen molar-refractivity contribution in [3.8, 4) is 0 Å². The number of nitrogens with two attached hydrogens (primary N) is 1. The summed E-state index contributed by atoms with van der Waals surface area (Å²) < 4.78 is 4.71. The largest absolute Gasteiger partial charge is 0.363 e. The van der Waals surface area contributed by atoms with E-state index in [0.29, 0.717) is 6.54 Å². The maximum atomic E-state index is 11.8. The Morgan fingerprint density at radius 2 is 2.24 bits per heavy atom. The smallest absolute Gasteiger partial charge is 0.288 e. The standard InChI is InChI=1S/C10H14ClN3O3/c1-2-3-4-13-10(16)7-6(5-11)14-17-8(7)9(12)15/h2-5H2,1H3,(H2,12,15)(H,13,16). The van der Waals surface area contributed by atoms with Gasteiger partial charge in [0.25, 0.3) is 11.8 Å². The molecule has 2 amide bonds. The lowest BCUT2D eigenvalue weighted by molar-refractivity contribution is 0.0920. The van der Waals surface area contributed by atoms with Crippen LogP contribution in [0.5, 0.6) is 0 Å². The third-order valence-corrected chi connectivity index (χ3v) is 2.41. The molecule has 0 aliphatic carbocycles. The van der Waals surface area contributed by atoms with Gasteiger partial charge in [-0.3, -0.25) is 9.59 Å². The highest BCUT2D eigenvalue weighted by Crippen LogP contribution is 2.15. The number of unbranched alkanes of at least 4 members (excludes halogenated alkanes) is 1. The molecule has 6 nitrogen and oxygen atoms in total. The average molecular weight is 260 g/mol. The Kier molecular flexibility index (Phi) is 4.96. The molecular formula is C10H14ClN3O3. The number of primary amides is 1. The third-order valence-electron chi connectivity index (χ3n) is 2.16. The van der Waals surface area contributed by atoms with Gasteiger partial charge in [0.2, 0.25) is 5.76 Å². The lowest BCUT2D eigenvalue weighted by Crippen LogP contribution is -2.27. The zero-order chi connectivity index (χ0) is 12.8. The molecule has 0 saturated carbocycles. The van der Waals surface area contributed by atoms with Crippen LogP contribution in [-0.4, -0.2) is 23.5 Å². The SMILES string of the molecule is CCCCNC(=O)c1c(CCl)noc1C(N)=O. The third kappa shape index (κ3) is 3.20. The first-order valence-electron chi connectivity index (χ1n) is 5.24. The van der Waals surface area contributed by atoms with Crippen LogP contribution in [0.2, 0.25) is 0 Å². The van der Waals surface area contributed by atoms with Crippen LogP contribution < -0.4 is 11.1 Å². The highest BCUT2D eigenvalue weighted by atomic mass is 35.5. The van der Waals surface area contributed by atoms with Gasteiger partial charge in [-0.15, -0.1) is 11.6 Å². The first-order valence-corrected chi connectivity index (χ1v) is 5.77. The molecule has 0 spiro atoms. The molecule has 1 aromatic rings. The molecule has 1 heterocycles. The minimum Gasteiger partial charge on any atom is -0.363 e. The van der Waals surface area contributed by atoms with Crippen LogP contribution in [0.15, 0.2) is 4.52 Å². The molecule has 0 radical (unpaired) electrons. The predicted molar refractivity (Wildman–Crippen MR) is 61.8 cm³/mol. The van der Waals surface area contributed by atoms with Gasteiger partial charge in [0.15, 0.2) is 0 Å². The summed E-state index contributed by atoms with van der Waals surface area (Å²) >= 11 is 5.60. The molecule has 0 aliphatic heterocycles. The van der Waals surface area contributed by atoms with Crippen molar-refractivity contribution < 1.29 is 14.1 Å². The van der Waals surface area contributed by atoms with Gasteiger partial charge in [-0.25, -0.2) is 0 Å². The maximum absolute atomic E-state index is 11.8. The molecule has 0 bridgehead atoms. The number of hydrogen-bond donors (Lipinski definition) is 2. The first-order chi connectivity index (χ1) is 8.11. The molecule has 94 valence electrons. The molecular weight excluding hydrogens is 246 g/mol. The minimum atomic E-state index is -0.838. The summed E-state index contributed by atoms with van der Waals surface area (Å²) in [5.74, 6) is -1.55. The zero-order valence-electron chi connectivity index (χ0n) is 9.46. The molecule has 0 fully saturated rings. The van der Waals surface area contributed by atoms with E-state index in [9.17, 15) is 9.59 Å². The van der Waals surface area contributed by atoms with Gasteiger partial charge in [0, 0.05) is 6.54 Å². The molecule has 0 atom stereocenters. The Morgan fingerprint density at radius 1 is 1.53 bits per heavy atom. The van der Waals surface area contributed by atoms with E-state index in [0.717, 1.165) is 12.8 Å². The molecule has 3 N–H and O–H groups in total. The summed E-state index contributed by atoms with van der Waals surface area (Å²) in [4.78, 5) is 22.9. The van der Waals surface area contributed by atoms with Crippen molar-refractivity contribution in [3.63, 3.8) is 0 Å². The summed E-state index contributed by atoms with van der Waals surface area (Å²) in [5.41, 5.74) is 5.33. The van der Waals surface area contributed by atoms with E-state index in [1.807, 2.05) is 6.92 Å². The van der Waals surface area contributed by atoms with Crippen molar-refractivity contribution >= 4 is 23.4 Å². The predicted octanol–water partition coefficient (Wildman–Crippen LogP) is 1.04.